The zero-order valence-electron chi connectivity index (χ0n) is 12.0. The van der Waals surface area contributed by atoms with Crippen molar-refractivity contribution in [3.63, 3.8) is 0 Å². The minimum absolute atomic E-state index is 0.207. The zero-order valence-corrected chi connectivity index (χ0v) is 12.8. The Labute approximate surface area is 119 Å². The number of methoxy groups -OCH3 is 1. The van der Waals surface area contributed by atoms with Crippen LogP contribution in [0.25, 0.3) is 0 Å². The average Bonchev–Trinajstić information content (AvgIpc) is 2.76. The SMILES string of the molecule is CCNC(c1cc(C)c(C)s1)c1ccccc1OC. The topological polar surface area (TPSA) is 21.3 Å². The fourth-order valence-electron chi connectivity index (χ4n) is 2.22. The lowest BCUT2D eigenvalue weighted by atomic mass is 10.0. The van der Waals surface area contributed by atoms with Gasteiger partial charge in [-0.25, -0.2) is 0 Å². The molecule has 0 aliphatic carbocycles. The van der Waals surface area contributed by atoms with E-state index >= 15 is 0 Å². The smallest absolute Gasteiger partial charge is 0.124 e. The van der Waals surface area contributed by atoms with Gasteiger partial charge in [0.15, 0.2) is 0 Å². The predicted octanol–water partition coefficient (Wildman–Crippen LogP) is 4.07. The molecule has 2 rings (SSSR count). The Balaban J connectivity index is 2.44. The van der Waals surface area contributed by atoms with Crippen molar-refractivity contribution in [2.75, 3.05) is 13.7 Å². The lowest BCUT2D eigenvalue weighted by molar-refractivity contribution is 0.404. The van der Waals surface area contributed by atoms with Gasteiger partial charge in [-0.1, -0.05) is 25.1 Å². The van der Waals surface area contributed by atoms with E-state index in [1.165, 1.54) is 20.9 Å². The molecule has 0 fully saturated rings. The van der Waals surface area contributed by atoms with Crippen molar-refractivity contribution in [2.24, 2.45) is 0 Å². The number of benzene rings is 1. The van der Waals surface area contributed by atoms with E-state index in [-0.39, 0.29) is 6.04 Å². The van der Waals surface area contributed by atoms with Crippen LogP contribution in [0.15, 0.2) is 30.3 Å². The summed E-state index contributed by atoms with van der Waals surface area (Å²) in [6, 6.07) is 10.7. The van der Waals surface area contributed by atoms with Gasteiger partial charge in [-0.3, -0.25) is 0 Å². The molecular formula is C16H21NOS. The molecule has 0 amide bonds. The van der Waals surface area contributed by atoms with E-state index in [0.29, 0.717) is 0 Å². The van der Waals surface area contributed by atoms with Gasteiger partial charge in [0.1, 0.15) is 5.75 Å². The number of thiophene rings is 1. The highest BCUT2D eigenvalue weighted by atomic mass is 32.1. The summed E-state index contributed by atoms with van der Waals surface area (Å²) in [7, 11) is 1.73. The Kier molecular flexibility index (Phi) is 4.61. The molecule has 1 N–H and O–H groups in total. The lowest BCUT2D eigenvalue weighted by Crippen LogP contribution is -2.21. The van der Waals surface area contributed by atoms with Gasteiger partial charge in [0.2, 0.25) is 0 Å². The third kappa shape index (κ3) is 2.99. The van der Waals surface area contributed by atoms with Crippen molar-refractivity contribution in [1.29, 1.82) is 0 Å². The molecule has 0 radical (unpaired) electrons. The summed E-state index contributed by atoms with van der Waals surface area (Å²) in [4.78, 5) is 2.73. The van der Waals surface area contributed by atoms with E-state index in [2.05, 4.69) is 44.3 Å². The Morgan fingerprint density at radius 1 is 1.26 bits per heavy atom. The van der Waals surface area contributed by atoms with E-state index < -0.39 is 0 Å². The molecule has 2 aromatic rings. The number of nitrogens with one attached hydrogen (secondary N) is 1. The summed E-state index contributed by atoms with van der Waals surface area (Å²) in [5.41, 5.74) is 2.56. The van der Waals surface area contributed by atoms with E-state index in [9.17, 15) is 0 Å². The molecule has 1 aromatic heterocycles. The summed E-state index contributed by atoms with van der Waals surface area (Å²) in [6.07, 6.45) is 0. The summed E-state index contributed by atoms with van der Waals surface area (Å²) < 4.78 is 5.50. The first-order valence-electron chi connectivity index (χ1n) is 6.60. The average molecular weight is 275 g/mol. The molecule has 2 nitrogen and oxygen atoms in total. The first-order valence-corrected chi connectivity index (χ1v) is 7.42. The van der Waals surface area contributed by atoms with Crippen LogP contribution in [-0.4, -0.2) is 13.7 Å². The van der Waals surface area contributed by atoms with Crippen molar-refractivity contribution in [3.05, 3.63) is 51.2 Å². The van der Waals surface area contributed by atoms with E-state index in [1.807, 2.05) is 23.5 Å². The second-order valence-electron chi connectivity index (χ2n) is 4.62. The van der Waals surface area contributed by atoms with Crippen LogP contribution in [0.1, 0.15) is 33.8 Å². The minimum Gasteiger partial charge on any atom is -0.496 e. The van der Waals surface area contributed by atoms with Crippen molar-refractivity contribution in [2.45, 2.75) is 26.8 Å². The molecule has 1 heterocycles. The van der Waals surface area contributed by atoms with E-state index in [4.69, 9.17) is 4.74 Å². The second-order valence-corrected chi connectivity index (χ2v) is 5.91. The van der Waals surface area contributed by atoms with Gasteiger partial charge >= 0.3 is 0 Å². The monoisotopic (exact) mass is 275 g/mol. The number of para-hydroxylation sites is 1. The van der Waals surface area contributed by atoms with Gasteiger partial charge in [0.05, 0.1) is 13.2 Å². The van der Waals surface area contributed by atoms with Gasteiger partial charge in [-0.15, -0.1) is 11.3 Å². The molecule has 0 spiro atoms. The molecule has 0 saturated carbocycles. The highest BCUT2D eigenvalue weighted by molar-refractivity contribution is 7.12. The Morgan fingerprint density at radius 3 is 2.58 bits per heavy atom. The highest BCUT2D eigenvalue weighted by Gasteiger charge is 2.19. The zero-order chi connectivity index (χ0) is 13.8. The maximum atomic E-state index is 5.50. The third-order valence-electron chi connectivity index (χ3n) is 3.33. The highest BCUT2D eigenvalue weighted by Crippen LogP contribution is 2.34. The van der Waals surface area contributed by atoms with E-state index in [1.54, 1.807) is 7.11 Å². The number of aryl methyl sites for hydroxylation is 2. The fourth-order valence-corrected chi connectivity index (χ4v) is 3.35. The van der Waals surface area contributed by atoms with Crippen molar-refractivity contribution in [1.82, 2.24) is 5.32 Å². The molecule has 1 aromatic carbocycles. The van der Waals surface area contributed by atoms with E-state index in [0.717, 1.165) is 12.3 Å². The molecule has 1 atom stereocenters. The normalized spacial score (nSPS) is 12.4. The van der Waals surface area contributed by atoms with Crippen molar-refractivity contribution in [3.8, 4) is 5.75 Å². The Bertz CT molecular complexity index is 528. The van der Waals surface area contributed by atoms with Crippen molar-refractivity contribution >= 4 is 11.3 Å². The van der Waals surface area contributed by atoms with Gasteiger partial charge in [-0.2, -0.15) is 0 Å². The quantitative estimate of drug-likeness (QED) is 0.888. The summed E-state index contributed by atoms with van der Waals surface area (Å²) in [6.45, 7) is 7.41. The molecule has 3 heteroatoms. The first kappa shape index (κ1) is 14.1. The molecule has 0 aliphatic heterocycles. The van der Waals surface area contributed by atoms with Gasteiger partial charge < -0.3 is 10.1 Å². The van der Waals surface area contributed by atoms with Crippen molar-refractivity contribution < 1.29 is 4.74 Å². The summed E-state index contributed by atoms with van der Waals surface area (Å²) in [5.74, 6) is 0.942. The van der Waals surface area contributed by atoms with Crippen LogP contribution >= 0.6 is 11.3 Å². The minimum atomic E-state index is 0.207. The number of ether oxygens (including phenoxy) is 1. The number of rotatable bonds is 5. The molecule has 0 saturated heterocycles. The van der Waals surface area contributed by atoms with Crippen LogP contribution in [0.2, 0.25) is 0 Å². The molecule has 1 unspecified atom stereocenters. The fraction of sp³-hybridized carbons (Fsp3) is 0.375. The maximum absolute atomic E-state index is 5.50. The first-order chi connectivity index (χ1) is 9.17. The summed E-state index contributed by atoms with van der Waals surface area (Å²) in [5, 5.41) is 3.56. The van der Waals surface area contributed by atoms with Crippen LogP contribution in [0, 0.1) is 13.8 Å². The van der Waals surface area contributed by atoms with Crippen LogP contribution < -0.4 is 10.1 Å². The van der Waals surface area contributed by atoms with Gasteiger partial charge in [0.25, 0.3) is 0 Å². The number of hydrogen-bond acceptors (Lipinski definition) is 3. The largest absolute Gasteiger partial charge is 0.496 e. The maximum Gasteiger partial charge on any atom is 0.124 e. The molecule has 0 aliphatic rings. The molecule has 0 bridgehead atoms. The van der Waals surface area contributed by atoms with Gasteiger partial charge in [-0.05, 0) is 38.1 Å². The van der Waals surface area contributed by atoms with Crippen LogP contribution in [-0.2, 0) is 0 Å². The Morgan fingerprint density at radius 2 is 2.00 bits per heavy atom. The lowest BCUT2D eigenvalue weighted by Gasteiger charge is -2.19. The molecule has 102 valence electrons. The molecule has 19 heavy (non-hydrogen) atoms. The molecular weight excluding hydrogens is 254 g/mol. The standard InChI is InChI=1S/C16H21NOS/c1-5-17-16(15-10-11(2)12(3)19-15)13-8-6-7-9-14(13)18-4/h6-10,16-17H,5H2,1-4H3. The predicted molar refractivity (Wildman–Crippen MR) is 82.3 cm³/mol. The Hall–Kier alpha value is -1.32. The van der Waals surface area contributed by atoms with Crippen LogP contribution in [0.4, 0.5) is 0 Å². The van der Waals surface area contributed by atoms with Gasteiger partial charge in [0, 0.05) is 15.3 Å². The second kappa shape index (κ2) is 6.22. The summed E-state index contributed by atoms with van der Waals surface area (Å²) >= 11 is 1.86. The van der Waals surface area contributed by atoms with Crippen LogP contribution in [0.3, 0.4) is 0 Å². The van der Waals surface area contributed by atoms with Crippen LogP contribution in [0.5, 0.6) is 5.75 Å². The number of hydrogen-bond donors (Lipinski definition) is 1. The third-order valence-corrected chi connectivity index (χ3v) is 4.55.